The molecule has 0 saturated heterocycles. The van der Waals surface area contributed by atoms with Gasteiger partial charge in [0.1, 0.15) is 9.77 Å². The van der Waals surface area contributed by atoms with Crippen molar-refractivity contribution in [2.75, 3.05) is 4.72 Å². The second-order valence-corrected chi connectivity index (χ2v) is 8.37. The van der Waals surface area contributed by atoms with E-state index in [9.17, 15) is 13.2 Å². The summed E-state index contributed by atoms with van der Waals surface area (Å²) in [5.41, 5.74) is 0. The number of rotatable bonds is 4. The second-order valence-electron chi connectivity index (χ2n) is 3.49. The highest BCUT2D eigenvalue weighted by atomic mass is 79.9. The molecule has 2 aromatic heterocycles. The van der Waals surface area contributed by atoms with E-state index in [-0.39, 0.29) is 19.4 Å². The number of hydrogen-bond acceptors (Lipinski definition) is 5. The van der Waals surface area contributed by atoms with Crippen LogP contribution in [0.2, 0.25) is 0 Å². The molecule has 0 bridgehead atoms. The summed E-state index contributed by atoms with van der Waals surface area (Å²) in [6, 6.07) is 4.37. The summed E-state index contributed by atoms with van der Waals surface area (Å²) in [4.78, 5) is 14.5. The number of halogens is 2. The quantitative estimate of drug-likeness (QED) is 0.759. The Bertz CT molecular complexity index is 773. The third-order valence-electron chi connectivity index (χ3n) is 2.15. The first-order valence-corrected chi connectivity index (χ1v) is 8.86. The van der Waals surface area contributed by atoms with Gasteiger partial charge in [-0.15, -0.1) is 11.3 Å². The van der Waals surface area contributed by atoms with E-state index in [1.165, 1.54) is 6.20 Å². The lowest BCUT2D eigenvalue weighted by Crippen LogP contribution is -2.14. The minimum atomic E-state index is -3.92. The summed E-state index contributed by atoms with van der Waals surface area (Å²) in [5, 5.41) is 8.88. The van der Waals surface area contributed by atoms with Crippen LogP contribution in [-0.4, -0.2) is 24.5 Å². The lowest BCUT2D eigenvalue weighted by molar-refractivity contribution is 0.0702. The molecule has 0 saturated carbocycles. The molecule has 0 fully saturated rings. The van der Waals surface area contributed by atoms with Crippen molar-refractivity contribution >= 4 is 65.0 Å². The lowest BCUT2D eigenvalue weighted by atomic mass is 10.5. The van der Waals surface area contributed by atoms with Crippen molar-refractivity contribution < 1.29 is 18.3 Å². The number of pyridine rings is 1. The van der Waals surface area contributed by atoms with Gasteiger partial charge in [-0.2, -0.15) is 0 Å². The first kappa shape index (κ1) is 15.4. The minimum absolute atomic E-state index is 0.0719. The third kappa shape index (κ3) is 3.19. The fraction of sp³-hybridized carbons (Fsp3) is 0. The number of aromatic carboxylic acids is 1. The highest BCUT2D eigenvalue weighted by Gasteiger charge is 2.24. The molecule has 0 aliphatic rings. The highest BCUT2D eigenvalue weighted by molar-refractivity contribution is 9.11. The average molecular weight is 442 g/mol. The molecule has 2 aromatic rings. The van der Waals surface area contributed by atoms with Crippen LogP contribution < -0.4 is 4.72 Å². The van der Waals surface area contributed by atoms with E-state index in [0.717, 1.165) is 17.4 Å². The molecular formula is C10H6Br2N2O4S2. The van der Waals surface area contributed by atoms with Gasteiger partial charge in [0, 0.05) is 6.20 Å². The number of nitrogens with one attached hydrogen (secondary N) is 1. The molecule has 0 amide bonds. The van der Waals surface area contributed by atoms with Crippen LogP contribution in [0.5, 0.6) is 0 Å². The van der Waals surface area contributed by atoms with Gasteiger partial charge in [0.15, 0.2) is 5.82 Å². The Morgan fingerprint density at radius 3 is 2.65 bits per heavy atom. The normalized spacial score (nSPS) is 11.3. The van der Waals surface area contributed by atoms with Gasteiger partial charge in [-0.1, -0.05) is 0 Å². The van der Waals surface area contributed by atoms with Crippen LogP contribution in [0.1, 0.15) is 9.67 Å². The first-order chi connectivity index (χ1) is 9.31. The maximum atomic E-state index is 12.2. The topological polar surface area (TPSA) is 96.4 Å². The number of aromatic nitrogens is 1. The summed E-state index contributed by atoms with van der Waals surface area (Å²) in [6.07, 6.45) is 1.44. The predicted octanol–water partition coefficient (Wildman–Crippen LogP) is 3.17. The number of anilines is 1. The van der Waals surface area contributed by atoms with Crippen molar-refractivity contribution in [2.45, 2.75) is 4.90 Å². The van der Waals surface area contributed by atoms with E-state index in [2.05, 4.69) is 41.6 Å². The van der Waals surface area contributed by atoms with E-state index in [4.69, 9.17) is 5.11 Å². The SMILES string of the molecule is O=C(O)c1cc(S(=O)(=O)Nc2ncccc2Br)c(Br)s1. The fourth-order valence-electron chi connectivity index (χ4n) is 1.28. The van der Waals surface area contributed by atoms with E-state index >= 15 is 0 Å². The third-order valence-corrected chi connectivity index (χ3v) is 6.36. The van der Waals surface area contributed by atoms with Crippen molar-refractivity contribution in [3.05, 3.63) is 37.5 Å². The van der Waals surface area contributed by atoms with Crippen molar-refractivity contribution in [3.8, 4) is 0 Å². The van der Waals surface area contributed by atoms with Crippen LogP contribution in [0.3, 0.4) is 0 Å². The van der Waals surface area contributed by atoms with Crippen LogP contribution in [0.25, 0.3) is 0 Å². The number of carbonyl (C=O) groups is 1. The van der Waals surface area contributed by atoms with Gasteiger partial charge in [-0.05, 0) is 50.1 Å². The Morgan fingerprint density at radius 2 is 2.10 bits per heavy atom. The number of carboxylic acid groups (broad SMARTS) is 1. The fourth-order valence-corrected chi connectivity index (χ4v) is 5.20. The zero-order chi connectivity index (χ0) is 14.9. The predicted molar refractivity (Wildman–Crippen MR) is 81.7 cm³/mol. The van der Waals surface area contributed by atoms with Gasteiger partial charge < -0.3 is 5.11 Å². The zero-order valence-electron chi connectivity index (χ0n) is 9.50. The average Bonchev–Trinajstić information content (AvgIpc) is 2.75. The van der Waals surface area contributed by atoms with Crippen LogP contribution >= 0.6 is 43.2 Å². The Morgan fingerprint density at radius 1 is 1.40 bits per heavy atom. The molecule has 10 heteroatoms. The molecule has 0 radical (unpaired) electrons. The second kappa shape index (κ2) is 5.80. The smallest absolute Gasteiger partial charge is 0.345 e. The maximum absolute atomic E-state index is 12.2. The molecule has 2 rings (SSSR count). The maximum Gasteiger partial charge on any atom is 0.345 e. The molecule has 2 heterocycles. The Kier molecular flexibility index (Phi) is 4.47. The molecule has 0 atom stereocenters. The molecule has 0 aromatic carbocycles. The number of hydrogen-bond donors (Lipinski definition) is 2. The van der Waals surface area contributed by atoms with Crippen LogP contribution in [0, 0.1) is 0 Å². The molecule has 0 spiro atoms. The molecular weight excluding hydrogens is 436 g/mol. The largest absolute Gasteiger partial charge is 0.477 e. The lowest BCUT2D eigenvalue weighted by Gasteiger charge is -2.07. The Labute approximate surface area is 135 Å². The standard InChI is InChI=1S/C10H6Br2N2O4S2/c11-5-2-1-3-13-9(5)14-20(17,18)7-4-6(10(15)16)19-8(7)12/h1-4H,(H,13,14)(H,15,16). The number of thiophene rings is 1. The molecule has 0 unspecified atom stereocenters. The molecule has 0 aliphatic heterocycles. The van der Waals surface area contributed by atoms with Gasteiger partial charge in [0.05, 0.1) is 8.26 Å². The van der Waals surface area contributed by atoms with E-state index in [1.54, 1.807) is 12.1 Å². The van der Waals surface area contributed by atoms with Crippen molar-refractivity contribution in [2.24, 2.45) is 0 Å². The van der Waals surface area contributed by atoms with Gasteiger partial charge in [0.2, 0.25) is 0 Å². The highest BCUT2D eigenvalue weighted by Crippen LogP contribution is 2.33. The monoisotopic (exact) mass is 440 g/mol. The van der Waals surface area contributed by atoms with Crippen molar-refractivity contribution in [1.29, 1.82) is 0 Å². The summed E-state index contributed by atoms with van der Waals surface area (Å²) >= 11 is 7.06. The van der Waals surface area contributed by atoms with E-state index in [1.807, 2.05) is 0 Å². The van der Waals surface area contributed by atoms with Gasteiger partial charge in [0.25, 0.3) is 10.0 Å². The molecule has 2 N–H and O–H groups in total. The molecule has 6 nitrogen and oxygen atoms in total. The minimum Gasteiger partial charge on any atom is -0.477 e. The van der Waals surface area contributed by atoms with Crippen molar-refractivity contribution in [1.82, 2.24) is 4.98 Å². The van der Waals surface area contributed by atoms with Gasteiger partial charge in [-0.3, -0.25) is 4.72 Å². The summed E-state index contributed by atoms with van der Waals surface area (Å²) in [7, 11) is -3.92. The number of carboxylic acids is 1. The summed E-state index contributed by atoms with van der Waals surface area (Å²) < 4.78 is 27.4. The van der Waals surface area contributed by atoms with Crippen LogP contribution in [0.15, 0.2) is 37.6 Å². The van der Waals surface area contributed by atoms with E-state index < -0.39 is 16.0 Å². The van der Waals surface area contributed by atoms with Gasteiger partial charge in [-0.25, -0.2) is 18.2 Å². The van der Waals surface area contributed by atoms with Crippen molar-refractivity contribution in [3.63, 3.8) is 0 Å². The van der Waals surface area contributed by atoms with Crippen LogP contribution in [0.4, 0.5) is 5.82 Å². The molecule has 0 aliphatic carbocycles. The number of nitrogens with zero attached hydrogens (tertiary/aromatic N) is 1. The first-order valence-electron chi connectivity index (χ1n) is 4.97. The molecule has 20 heavy (non-hydrogen) atoms. The molecule has 106 valence electrons. The van der Waals surface area contributed by atoms with Crippen LogP contribution in [-0.2, 0) is 10.0 Å². The summed E-state index contributed by atoms with van der Waals surface area (Å²) in [6.45, 7) is 0. The number of sulfonamides is 1. The Hall–Kier alpha value is -0.970. The van der Waals surface area contributed by atoms with Gasteiger partial charge >= 0.3 is 5.97 Å². The Balaban J connectivity index is 2.41. The zero-order valence-corrected chi connectivity index (χ0v) is 14.3. The van der Waals surface area contributed by atoms with E-state index in [0.29, 0.717) is 4.47 Å². The summed E-state index contributed by atoms with van der Waals surface area (Å²) in [5.74, 6) is -1.06.